The average molecular weight is 259 g/mol. The van der Waals surface area contributed by atoms with Gasteiger partial charge in [-0.25, -0.2) is 4.98 Å². The van der Waals surface area contributed by atoms with Crippen LogP contribution in [0.2, 0.25) is 0 Å². The van der Waals surface area contributed by atoms with Crippen LogP contribution in [0.1, 0.15) is 11.1 Å². The molecular formula is C13H13N3O3. The Bertz CT molecular complexity index is 558. The fraction of sp³-hybridized carbons (Fsp3) is 0.154. The molecule has 0 fully saturated rings. The normalized spacial score (nSPS) is 10.6. The SMILES string of the molecule is COc1cc(C=NO)c(OCc2cccnc2)cn1. The zero-order chi connectivity index (χ0) is 13.5. The average Bonchev–Trinajstić information content (AvgIpc) is 2.47. The van der Waals surface area contributed by atoms with Crippen molar-refractivity contribution in [3.05, 3.63) is 47.9 Å². The summed E-state index contributed by atoms with van der Waals surface area (Å²) in [6.07, 6.45) is 6.20. The van der Waals surface area contributed by atoms with Crippen LogP contribution in [0.25, 0.3) is 0 Å². The first kappa shape index (κ1) is 12.8. The van der Waals surface area contributed by atoms with E-state index in [0.717, 1.165) is 5.56 Å². The molecule has 0 bridgehead atoms. The molecule has 0 saturated carbocycles. The highest BCUT2D eigenvalue weighted by atomic mass is 16.5. The summed E-state index contributed by atoms with van der Waals surface area (Å²) >= 11 is 0. The molecule has 6 heteroatoms. The van der Waals surface area contributed by atoms with Crippen molar-refractivity contribution in [1.29, 1.82) is 0 Å². The third-order valence-corrected chi connectivity index (χ3v) is 2.40. The van der Waals surface area contributed by atoms with Crippen molar-refractivity contribution >= 4 is 6.21 Å². The van der Waals surface area contributed by atoms with E-state index in [0.29, 0.717) is 23.8 Å². The monoisotopic (exact) mass is 259 g/mol. The van der Waals surface area contributed by atoms with Gasteiger partial charge in [-0.15, -0.1) is 0 Å². The number of nitrogens with zero attached hydrogens (tertiary/aromatic N) is 3. The van der Waals surface area contributed by atoms with Gasteiger partial charge in [0.25, 0.3) is 0 Å². The van der Waals surface area contributed by atoms with E-state index in [1.807, 2.05) is 12.1 Å². The summed E-state index contributed by atoms with van der Waals surface area (Å²) < 4.78 is 10.6. The lowest BCUT2D eigenvalue weighted by atomic mass is 10.2. The van der Waals surface area contributed by atoms with E-state index in [1.54, 1.807) is 18.5 Å². The van der Waals surface area contributed by atoms with Crippen LogP contribution < -0.4 is 9.47 Å². The lowest BCUT2D eigenvalue weighted by Crippen LogP contribution is -2.00. The molecule has 0 amide bonds. The number of hydrogen-bond acceptors (Lipinski definition) is 6. The number of hydrogen-bond donors (Lipinski definition) is 1. The standard InChI is InChI=1S/C13H13N3O3/c1-18-13-5-11(7-16-17)12(8-15-13)19-9-10-3-2-4-14-6-10/h2-8,17H,9H2,1H3. The number of pyridine rings is 2. The Balaban J connectivity index is 2.15. The molecule has 6 nitrogen and oxygen atoms in total. The van der Waals surface area contributed by atoms with Crippen LogP contribution in [0.15, 0.2) is 41.9 Å². The van der Waals surface area contributed by atoms with Gasteiger partial charge in [0.15, 0.2) is 0 Å². The van der Waals surface area contributed by atoms with Gasteiger partial charge in [-0.05, 0) is 6.07 Å². The number of ether oxygens (including phenoxy) is 2. The van der Waals surface area contributed by atoms with Gasteiger partial charge in [0.1, 0.15) is 12.4 Å². The predicted molar refractivity (Wildman–Crippen MR) is 68.7 cm³/mol. The van der Waals surface area contributed by atoms with Crippen molar-refractivity contribution in [2.24, 2.45) is 5.16 Å². The topological polar surface area (TPSA) is 76.8 Å². The van der Waals surface area contributed by atoms with Gasteiger partial charge in [0, 0.05) is 29.6 Å². The second-order valence-electron chi connectivity index (χ2n) is 3.66. The van der Waals surface area contributed by atoms with Gasteiger partial charge in [0.05, 0.1) is 19.5 Å². The van der Waals surface area contributed by atoms with E-state index in [4.69, 9.17) is 14.7 Å². The molecule has 2 aromatic rings. The molecular weight excluding hydrogens is 246 g/mol. The summed E-state index contributed by atoms with van der Waals surface area (Å²) in [7, 11) is 1.51. The summed E-state index contributed by atoms with van der Waals surface area (Å²) in [6, 6.07) is 5.36. The summed E-state index contributed by atoms with van der Waals surface area (Å²) in [5.41, 5.74) is 1.52. The van der Waals surface area contributed by atoms with Crippen molar-refractivity contribution in [3.8, 4) is 11.6 Å². The van der Waals surface area contributed by atoms with Gasteiger partial charge in [0.2, 0.25) is 5.88 Å². The molecule has 0 radical (unpaired) electrons. The first-order chi connectivity index (χ1) is 9.33. The molecule has 0 saturated heterocycles. The smallest absolute Gasteiger partial charge is 0.213 e. The molecule has 0 unspecified atom stereocenters. The molecule has 2 rings (SSSR count). The van der Waals surface area contributed by atoms with Crippen LogP contribution in [0.5, 0.6) is 11.6 Å². The molecule has 0 aromatic carbocycles. The Labute approximate surface area is 110 Å². The summed E-state index contributed by atoms with van der Waals surface area (Å²) in [5.74, 6) is 0.922. The van der Waals surface area contributed by atoms with Gasteiger partial charge in [-0.2, -0.15) is 0 Å². The zero-order valence-corrected chi connectivity index (χ0v) is 10.4. The lowest BCUT2D eigenvalue weighted by molar-refractivity contribution is 0.301. The molecule has 1 N–H and O–H groups in total. The van der Waals surface area contributed by atoms with Gasteiger partial charge in [-0.3, -0.25) is 4.98 Å². The second-order valence-corrected chi connectivity index (χ2v) is 3.66. The Morgan fingerprint density at radius 3 is 3.00 bits per heavy atom. The largest absolute Gasteiger partial charge is 0.487 e. The van der Waals surface area contributed by atoms with Crippen LogP contribution >= 0.6 is 0 Å². The van der Waals surface area contributed by atoms with Crippen molar-refractivity contribution < 1.29 is 14.7 Å². The molecule has 2 heterocycles. The highest BCUT2D eigenvalue weighted by Gasteiger charge is 2.06. The molecule has 0 atom stereocenters. The number of aromatic nitrogens is 2. The molecule has 0 aliphatic rings. The van der Waals surface area contributed by atoms with Crippen molar-refractivity contribution in [3.63, 3.8) is 0 Å². The number of rotatable bonds is 5. The maximum atomic E-state index is 8.64. The van der Waals surface area contributed by atoms with Crippen molar-refractivity contribution in [2.75, 3.05) is 7.11 Å². The Morgan fingerprint density at radius 1 is 1.42 bits per heavy atom. The van der Waals surface area contributed by atoms with Crippen LogP contribution in [0.4, 0.5) is 0 Å². The molecule has 0 aliphatic carbocycles. The minimum Gasteiger partial charge on any atom is -0.487 e. The summed E-state index contributed by atoms with van der Waals surface area (Å²) in [4.78, 5) is 8.05. The molecule has 0 aliphatic heterocycles. The van der Waals surface area contributed by atoms with E-state index in [2.05, 4.69) is 15.1 Å². The highest BCUT2D eigenvalue weighted by molar-refractivity contribution is 5.83. The van der Waals surface area contributed by atoms with Crippen LogP contribution in [-0.4, -0.2) is 28.5 Å². The molecule has 2 aromatic heterocycles. The first-order valence-corrected chi connectivity index (χ1v) is 5.56. The lowest BCUT2D eigenvalue weighted by Gasteiger charge is -2.09. The van der Waals surface area contributed by atoms with E-state index in [-0.39, 0.29) is 0 Å². The van der Waals surface area contributed by atoms with Crippen molar-refractivity contribution in [1.82, 2.24) is 9.97 Å². The van der Waals surface area contributed by atoms with Gasteiger partial charge < -0.3 is 14.7 Å². The maximum Gasteiger partial charge on any atom is 0.213 e. The third-order valence-electron chi connectivity index (χ3n) is 2.40. The number of oxime groups is 1. The maximum absolute atomic E-state index is 8.64. The molecule has 0 spiro atoms. The molecule has 98 valence electrons. The minimum absolute atomic E-state index is 0.355. The number of methoxy groups -OCH3 is 1. The van der Waals surface area contributed by atoms with E-state index in [1.165, 1.54) is 19.5 Å². The van der Waals surface area contributed by atoms with E-state index >= 15 is 0 Å². The predicted octanol–water partition coefficient (Wildman–Crippen LogP) is 1.87. The fourth-order valence-corrected chi connectivity index (χ4v) is 1.48. The first-order valence-electron chi connectivity index (χ1n) is 5.56. The summed E-state index contributed by atoms with van der Waals surface area (Å²) in [6.45, 7) is 0.355. The van der Waals surface area contributed by atoms with E-state index in [9.17, 15) is 0 Å². The van der Waals surface area contributed by atoms with Gasteiger partial charge in [-0.1, -0.05) is 11.2 Å². The zero-order valence-electron chi connectivity index (χ0n) is 10.4. The minimum atomic E-state index is 0.355. The second kappa shape index (κ2) is 6.34. The Morgan fingerprint density at radius 2 is 2.32 bits per heavy atom. The Hall–Kier alpha value is -2.63. The van der Waals surface area contributed by atoms with Gasteiger partial charge >= 0.3 is 0 Å². The van der Waals surface area contributed by atoms with Crippen molar-refractivity contribution in [2.45, 2.75) is 6.61 Å². The third kappa shape index (κ3) is 3.41. The quantitative estimate of drug-likeness (QED) is 0.504. The summed E-state index contributed by atoms with van der Waals surface area (Å²) in [5, 5.41) is 11.6. The van der Waals surface area contributed by atoms with Crippen LogP contribution in [-0.2, 0) is 6.61 Å². The Kier molecular flexibility index (Phi) is 4.28. The highest BCUT2D eigenvalue weighted by Crippen LogP contribution is 2.20. The fourth-order valence-electron chi connectivity index (χ4n) is 1.48. The molecule has 19 heavy (non-hydrogen) atoms. The van der Waals surface area contributed by atoms with Crippen LogP contribution in [0, 0.1) is 0 Å². The van der Waals surface area contributed by atoms with Crippen LogP contribution in [0.3, 0.4) is 0 Å². The van der Waals surface area contributed by atoms with E-state index < -0.39 is 0 Å².